The van der Waals surface area contributed by atoms with E-state index >= 15 is 0 Å². The first-order valence-corrected chi connectivity index (χ1v) is 10.2. The fourth-order valence-corrected chi connectivity index (χ4v) is 4.39. The Balaban J connectivity index is 1.44. The molecule has 0 spiro atoms. The van der Waals surface area contributed by atoms with Gasteiger partial charge >= 0.3 is 0 Å². The molecule has 8 heteroatoms. The molecule has 27 heavy (non-hydrogen) atoms. The molecule has 3 heterocycles. The average molecular weight is 399 g/mol. The fourth-order valence-electron chi connectivity index (χ4n) is 2.67. The van der Waals surface area contributed by atoms with Gasteiger partial charge in [0.1, 0.15) is 4.83 Å². The molecule has 0 saturated carbocycles. The van der Waals surface area contributed by atoms with Crippen molar-refractivity contribution in [2.45, 2.75) is 20.4 Å². The SMILES string of the molecule is CC(C)C(=O)Nc1cccc(CNC(=O)c2cc3c(nc4sccn43)s2)c1. The molecule has 0 aliphatic carbocycles. The van der Waals surface area contributed by atoms with E-state index in [1.54, 1.807) is 11.3 Å². The van der Waals surface area contributed by atoms with Crippen LogP contribution < -0.4 is 10.6 Å². The minimum absolute atomic E-state index is 0.0293. The fraction of sp³-hybridized carbons (Fsp3) is 0.211. The first-order valence-electron chi connectivity index (χ1n) is 8.54. The summed E-state index contributed by atoms with van der Waals surface area (Å²) in [6.07, 6.45) is 1.96. The highest BCUT2D eigenvalue weighted by atomic mass is 32.1. The third kappa shape index (κ3) is 3.58. The lowest BCUT2D eigenvalue weighted by atomic mass is 10.1. The Morgan fingerprint density at radius 3 is 2.93 bits per heavy atom. The lowest BCUT2D eigenvalue weighted by molar-refractivity contribution is -0.118. The molecular formula is C19H18N4O2S2. The van der Waals surface area contributed by atoms with Crippen LogP contribution in [-0.4, -0.2) is 21.2 Å². The van der Waals surface area contributed by atoms with Crippen LogP contribution >= 0.6 is 22.7 Å². The highest BCUT2D eigenvalue weighted by Crippen LogP contribution is 2.28. The smallest absolute Gasteiger partial charge is 0.261 e. The number of imidazole rings is 1. The molecule has 0 fully saturated rings. The molecule has 0 atom stereocenters. The largest absolute Gasteiger partial charge is 0.347 e. The third-order valence-corrected chi connectivity index (χ3v) is 5.91. The van der Waals surface area contributed by atoms with Gasteiger partial charge in [-0.2, -0.15) is 0 Å². The van der Waals surface area contributed by atoms with Gasteiger partial charge in [0.05, 0.1) is 10.4 Å². The Morgan fingerprint density at radius 1 is 1.26 bits per heavy atom. The summed E-state index contributed by atoms with van der Waals surface area (Å²) in [4.78, 5) is 31.3. The number of aromatic nitrogens is 2. The maximum atomic E-state index is 12.5. The Hall–Kier alpha value is -2.71. The van der Waals surface area contributed by atoms with Gasteiger partial charge < -0.3 is 10.6 Å². The Morgan fingerprint density at radius 2 is 2.11 bits per heavy atom. The standard InChI is InChI=1S/C19H18N4O2S2/c1-11(2)16(24)21-13-5-3-4-12(8-13)10-20-17(25)15-9-14-18(27-15)22-19-23(14)6-7-26-19/h3-9,11H,10H2,1-2H3,(H,20,25)(H,21,24). The second kappa shape index (κ2) is 7.13. The van der Waals surface area contributed by atoms with Gasteiger partial charge in [-0.05, 0) is 23.8 Å². The summed E-state index contributed by atoms with van der Waals surface area (Å²) in [7, 11) is 0. The molecule has 2 N–H and O–H groups in total. The maximum absolute atomic E-state index is 12.5. The molecule has 138 valence electrons. The zero-order chi connectivity index (χ0) is 19.0. The number of carbonyl (C=O) groups is 2. The molecule has 4 aromatic rings. The predicted octanol–water partition coefficient (Wildman–Crippen LogP) is 4.14. The molecule has 2 amide bonds. The Labute approximate surface area is 163 Å². The van der Waals surface area contributed by atoms with E-state index in [2.05, 4.69) is 15.6 Å². The molecule has 1 aromatic carbocycles. The van der Waals surface area contributed by atoms with E-state index < -0.39 is 0 Å². The summed E-state index contributed by atoms with van der Waals surface area (Å²) in [6.45, 7) is 4.09. The Kier molecular flexibility index (Phi) is 4.67. The number of nitrogens with zero attached hydrogens (tertiary/aromatic N) is 2. The topological polar surface area (TPSA) is 75.5 Å². The van der Waals surface area contributed by atoms with Crippen LogP contribution in [0.4, 0.5) is 5.69 Å². The predicted molar refractivity (Wildman–Crippen MR) is 110 cm³/mol. The average Bonchev–Trinajstić information content (AvgIpc) is 3.32. The summed E-state index contributed by atoms with van der Waals surface area (Å²) in [6, 6.07) is 9.37. The van der Waals surface area contributed by atoms with E-state index in [-0.39, 0.29) is 17.7 Å². The van der Waals surface area contributed by atoms with Crippen LogP contribution in [0.15, 0.2) is 41.9 Å². The van der Waals surface area contributed by atoms with Crippen LogP contribution in [-0.2, 0) is 11.3 Å². The molecule has 0 aliphatic heterocycles. The first kappa shape index (κ1) is 17.7. The Bertz CT molecular complexity index is 1140. The number of nitrogens with one attached hydrogen (secondary N) is 2. The number of benzene rings is 1. The number of hydrogen-bond acceptors (Lipinski definition) is 5. The second-order valence-corrected chi connectivity index (χ2v) is 8.40. The number of thiazole rings is 1. The number of carbonyl (C=O) groups excluding carboxylic acids is 2. The van der Waals surface area contributed by atoms with Crippen LogP contribution in [0.2, 0.25) is 0 Å². The van der Waals surface area contributed by atoms with E-state index in [9.17, 15) is 9.59 Å². The minimum Gasteiger partial charge on any atom is -0.347 e. The summed E-state index contributed by atoms with van der Waals surface area (Å²) in [5.41, 5.74) is 2.61. The molecule has 0 unspecified atom stereocenters. The van der Waals surface area contributed by atoms with Crippen LogP contribution in [0.5, 0.6) is 0 Å². The van der Waals surface area contributed by atoms with Crippen molar-refractivity contribution in [3.63, 3.8) is 0 Å². The lowest BCUT2D eigenvalue weighted by Gasteiger charge is -2.10. The number of fused-ring (bicyclic) bond motifs is 3. The van der Waals surface area contributed by atoms with E-state index in [4.69, 9.17) is 0 Å². The van der Waals surface area contributed by atoms with Crippen LogP contribution in [0.25, 0.3) is 15.3 Å². The van der Waals surface area contributed by atoms with E-state index in [0.717, 1.165) is 26.6 Å². The molecule has 0 bridgehead atoms. The van der Waals surface area contributed by atoms with Crippen molar-refractivity contribution in [2.24, 2.45) is 5.92 Å². The van der Waals surface area contributed by atoms with Crippen LogP contribution in [0.1, 0.15) is 29.1 Å². The molecule has 0 aliphatic rings. The normalized spacial score (nSPS) is 11.4. The van der Waals surface area contributed by atoms with Crippen molar-refractivity contribution >= 4 is 55.5 Å². The van der Waals surface area contributed by atoms with Gasteiger partial charge in [-0.25, -0.2) is 4.98 Å². The van der Waals surface area contributed by atoms with Gasteiger partial charge in [0.25, 0.3) is 5.91 Å². The maximum Gasteiger partial charge on any atom is 0.261 e. The first-order chi connectivity index (χ1) is 13.0. The molecule has 6 nitrogen and oxygen atoms in total. The van der Waals surface area contributed by atoms with Crippen molar-refractivity contribution < 1.29 is 9.59 Å². The molecule has 0 saturated heterocycles. The van der Waals surface area contributed by atoms with E-state index in [1.165, 1.54) is 11.3 Å². The van der Waals surface area contributed by atoms with Gasteiger partial charge in [0, 0.05) is 29.7 Å². The third-order valence-electron chi connectivity index (χ3n) is 4.14. The van der Waals surface area contributed by atoms with E-state index in [1.807, 2.05) is 60.2 Å². The molecule has 0 radical (unpaired) electrons. The highest BCUT2D eigenvalue weighted by Gasteiger charge is 2.15. The number of hydrogen-bond donors (Lipinski definition) is 2. The van der Waals surface area contributed by atoms with Gasteiger partial charge in [0.15, 0.2) is 4.96 Å². The van der Waals surface area contributed by atoms with Crippen molar-refractivity contribution in [1.82, 2.24) is 14.7 Å². The lowest BCUT2D eigenvalue weighted by Crippen LogP contribution is -2.22. The van der Waals surface area contributed by atoms with Crippen molar-refractivity contribution in [3.8, 4) is 0 Å². The zero-order valence-corrected chi connectivity index (χ0v) is 16.5. The summed E-state index contributed by atoms with van der Waals surface area (Å²) in [5.74, 6) is -0.238. The monoisotopic (exact) mass is 398 g/mol. The van der Waals surface area contributed by atoms with E-state index in [0.29, 0.717) is 11.4 Å². The second-order valence-electron chi connectivity index (χ2n) is 6.50. The quantitative estimate of drug-likeness (QED) is 0.531. The number of thiophene rings is 1. The van der Waals surface area contributed by atoms with Crippen LogP contribution in [0.3, 0.4) is 0 Å². The van der Waals surface area contributed by atoms with Crippen molar-refractivity contribution in [1.29, 1.82) is 0 Å². The minimum atomic E-state index is -0.126. The molecule has 3 aromatic heterocycles. The highest BCUT2D eigenvalue weighted by molar-refractivity contribution is 7.21. The zero-order valence-electron chi connectivity index (χ0n) is 14.9. The van der Waals surface area contributed by atoms with Gasteiger partial charge in [-0.1, -0.05) is 26.0 Å². The van der Waals surface area contributed by atoms with Gasteiger partial charge in [-0.15, -0.1) is 22.7 Å². The van der Waals surface area contributed by atoms with Gasteiger partial charge in [0.2, 0.25) is 5.91 Å². The van der Waals surface area contributed by atoms with Crippen molar-refractivity contribution in [3.05, 3.63) is 52.3 Å². The molecular weight excluding hydrogens is 380 g/mol. The van der Waals surface area contributed by atoms with Gasteiger partial charge in [-0.3, -0.25) is 14.0 Å². The number of anilines is 1. The molecule has 4 rings (SSSR count). The van der Waals surface area contributed by atoms with Crippen LogP contribution in [0, 0.1) is 5.92 Å². The summed E-state index contributed by atoms with van der Waals surface area (Å²) >= 11 is 2.97. The summed E-state index contributed by atoms with van der Waals surface area (Å²) in [5, 5.41) is 7.78. The van der Waals surface area contributed by atoms with Crippen molar-refractivity contribution in [2.75, 3.05) is 5.32 Å². The number of amides is 2. The summed E-state index contributed by atoms with van der Waals surface area (Å²) < 4.78 is 1.99. The number of rotatable bonds is 5.